The molecule has 1 N–H and O–H groups in total. The van der Waals surface area contributed by atoms with E-state index in [1.807, 2.05) is 6.07 Å². The number of hydrogen-bond acceptors (Lipinski definition) is 4. The molecule has 166 valence electrons. The van der Waals surface area contributed by atoms with Crippen molar-refractivity contribution in [3.63, 3.8) is 0 Å². The predicted molar refractivity (Wildman–Crippen MR) is 116 cm³/mol. The Morgan fingerprint density at radius 3 is 2.53 bits per heavy atom. The fraction of sp³-hybridized carbons (Fsp3) is 0.696. The van der Waals surface area contributed by atoms with Crippen LogP contribution in [0.4, 0.5) is 4.39 Å². The molecule has 1 amide bonds. The zero-order chi connectivity index (χ0) is 21.2. The highest BCUT2D eigenvalue weighted by atomic mass is 32.2. The van der Waals surface area contributed by atoms with E-state index in [2.05, 4.69) is 16.3 Å². The van der Waals surface area contributed by atoms with E-state index in [1.54, 1.807) is 6.07 Å². The summed E-state index contributed by atoms with van der Waals surface area (Å²) in [5.74, 6) is 0.179. The van der Waals surface area contributed by atoms with Crippen LogP contribution < -0.4 is 5.32 Å². The Bertz CT molecular complexity index is 859. The first-order valence-corrected chi connectivity index (χ1v) is 13.1. The summed E-state index contributed by atoms with van der Waals surface area (Å²) in [6.45, 7) is 2.82. The average molecular weight is 437 g/mol. The number of carbonyl (C=O) groups is 1. The first-order chi connectivity index (χ1) is 14.3. The third-order valence-electron chi connectivity index (χ3n) is 7.28. The van der Waals surface area contributed by atoms with Gasteiger partial charge in [0.2, 0.25) is 5.91 Å². The van der Waals surface area contributed by atoms with Crippen molar-refractivity contribution in [2.75, 3.05) is 31.1 Å². The van der Waals surface area contributed by atoms with E-state index in [1.165, 1.54) is 18.9 Å². The molecular weight excluding hydrogens is 403 g/mol. The van der Waals surface area contributed by atoms with Crippen LogP contribution in [0, 0.1) is 11.7 Å². The summed E-state index contributed by atoms with van der Waals surface area (Å²) >= 11 is 0. The van der Waals surface area contributed by atoms with Crippen molar-refractivity contribution in [1.29, 1.82) is 0 Å². The SMILES string of the molecule is O=C(CC1CCS(=O)(=O)C1)NC1CCN(CC2(c3cccc(F)c3)CCCC2)CC1. The van der Waals surface area contributed by atoms with Crippen molar-refractivity contribution in [1.82, 2.24) is 10.2 Å². The molecule has 0 spiro atoms. The largest absolute Gasteiger partial charge is 0.353 e. The minimum Gasteiger partial charge on any atom is -0.353 e. The summed E-state index contributed by atoms with van der Waals surface area (Å²) in [4.78, 5) is 14.8. The summed E-state index contributed by atoms with van der Waals surface area (Å²) in [5.41, 5.74) is 1.17. The molecule has 3 fully saturated rings. The minimum atomic E-state index is -2.93. The molecule has 7 heteroatoms. The van der Waals surface area contributed by atoms with Gasteiger partial charge in [0.25, 0.3) is 0 Å². The summed E-state index contributed by atoms with van der Waals surface area (Å²) in [6.07, 6.45) is 7.36. The van der Waals surface area contributed by atoms with E-state index in [0.29, 0.717) is 12.8 Å². The van der Waals surface area contributed by atoms with Gasteiger partial charge in [-0.15, -0.1) is 0 Å². The van der Waals surface area contributed by atoms with Crippen LogP contribution in [-0.2, 0) is 20.0 Å². The second-order valence-electron chi connectivity index (χ2n) is 9.59. The number of amides is 1. The minimum absolute atomic E-state index is 0.0115. The molecular formula is C23H33FN2O3S. The number of likely N-dealkylation sites (tertiary alicyclic amines) is 1. The van der Waals surface area contributed by atoms with E-state index < -0.39 is 9.84 Å². The molecule has 5 nitrogen and oxygen atoms in total. The Morgan fingerprint density at radius 1 is 1.17 bits per heavy atom. The van der Waals surface area contributed by atoms with Gasteiger partial charge in [0, 0.05) is 37.5 Å². The molecule has 3 aliphatic rings. The molecule has 0 radical (unpaired) electrons. The molecule has 0 bridgehead atoms. The van der Waals surface area contributed by atoms with Gasteiger partial charge in [-0.25, -0.2) is 12.8 Å². The Morgan fingerprint density at radius 2 is 1.90 bits per heavy atom. The second kappa shape index (κ2) is 8.95. The number of nitrogens with one attached hydrogen (secondary N) is 1. The van der Waals surface area contributed by atoms with Gasteiger partial charge in [0.1, 0.15) is 5.82 Å². The standard InChI is InChI=1S/C23H33FN2O3S/c24-20-5-3-4-19(15-20)23(9-1-2-10-23)17-26-11-6-21(7-12-26)25-22(27)14-18-8-13-30(28,29)16-18/h3-5,15,18,21H,1-2,6-14,16-17H2,(H,25,27). The Balaban J connectivity index is 1.27. The molecule has 1 aliphatic carbocycles. The normalized spacial score (nSPS) is 26.6. The Hall–Kier alpha value is -1.47. The molecule has 1 aromatic rings. The highest BCUT2D eigenvalue weighted by molar-refractivity contribution is 7.91. The van der Waals surface area contributed by atoms with E-state index >= 15 is 0 Å². The van der Waals surface area contributed by atoms with Crippen molar-refractivity contribution in [2.24, 2.45) is 5.92 Å². The van der Waals surface area contributed by atoms with Gasteiger partial charge in [-0.05, 0) is 55.7 Å². The summed E-state index contributed by atoms with van der Waals surface area (Å²) < 4.78 is 37.0. The van der Waals surface area contributed by atoms with Crippen LogP contribution in [0.15, 0.2) is 24.3 Å². The predicted octanol–water partition coefficient (Wildman–Crippen LogP) is 3.04. The number of benzene rings is 1. The van der Waals surface area contributed by atoms with Gasteiger partial charge in [-0.2, -0.15) is 0 Å². The van der Waals surface area contributed by atoms with Gasteiger partial charge in [0.15, 0.2) is 9.84 Å². The Labute approximate surface area is 179 Å². The van der Waals surface area contributed by atoms with Gasteiger partial charge in [-0.3, -0.25) is 4.79 Å². The third kappa shape index (κ3) is 5.22. The average Bonchev–Trinajstić information content (AvgIpc) is 3.30. The maximum absolute atomic E-state index is 13.8. The molecule has 0 aromatic heterocycles. The smallest absolute Gasteiger partial charge is 0.220 e. The van der Waals surface area contributed by atoms with Gasteiger partial charge < -0.3 is 10.2 Å². The van der Waals surface area contributed by atoms with Crippen molar-refractivity contribution < 1.29 is 17.6 Å². The molecule has 2 saturated heterocycles. The van der Waals surface area contributed by atoms with Gasteiger partial charge in [0.05, 0.1) is 11.5 Å². The van der Waals surface area contributed by atoms with Gasteiger partial charge in [-0.1, -0.05) is 25.0 Å². The maximum atomic E-state index is 13.8. The van der Waals surface area contributed by atoms with E-state index in [4.69, 9.17) is 0 Å². The number of piperidine rings is 1. The maximum Gasteiger partial charge on any atom is 0.220 e. The number of nitrogens with zero attached hydrogens (tertiary/aromatic N) is 1. The van der Waals surface area contributed by atoms with E-state index in [0.717, 1.165) is 50.9 Å². The Kier molecular flexibility index (Phi) is 6.49. The molecule has 1 unspecified atom stereocenters. The summed E-state index contributed by atoms with van der Waals surface area (Å²) in [5, 5.41) is 3.13. The lowest BCUT2D eigenvalue weighted by molar-refractivity contribution is -0.122. The van der Waals surface area contributed by atoms with E-state index in [9.17, 15) is 17.6 Å². The van der Waals surface area contributed by atoms with Crippen molar-refractivity contribution in [3.05, 3.63) is 35.6 Å². The fourth-order valence-corrected chi connectivity index (χ4v) is 7.52. The third-order valence-corrected chi connectivity index (χ3v) is 9.11. The molecule has 1 saturated carbocycles. The molecule has 4 rings (SSSR count). The van der Waals surface area contributed by atoms with Crippen molar-refractivity contribution in [3.8, 4) is 0 Å². The molecule has 2 heterocycles. The number of carbonyl (C=O) groups excluding carboxylic acids is 1. The molecule has 2 aliphatic heterocycles. The zero-order valence-electron chi connectivity index (χ0n) is 17.6. The summed E-state index contributed by atoms with van der Waals surface area (Å²) in [6, 6.07) is 7.29. The topological polar surface area (TPSA) is 66.5 Å². The van der Waals surface area contributed by atoms with Crippen molar-refractivity contribution >= 4 is 15.7 Å². The summed E-state index contributed by atoms with van der Waals surface area (Å²) in [7, 11) is -2.93. The lowest BCUT2D eigenvalue weighted by Gasteiger charge is -2.39. The van der Waals surface area contributed by atoms with Gasteiger partial charge >= 0.3 is 0 Å². The zero-order valence-corrected chi connectivity index (χ0v) is 18.4. The lowest BCUT2D eigenvalue weighted by atomic mass is 9.78. The van der Waals surface area contributed by atoms with Crippen LogP contribution in [0.2, 0.25) is 0 Å². The van der Waals surface area contributed by atoms with Crippen LogP contribution in [0.1, 0.15) is 56.9 Å². The number of hydrogen-bond donors (Lipinski definition) is 1. The first kappa shape index (κ1) is 21.8. The number of sulfone groups is 1. The van der Waals surface area contributed by atoms with Crippen LogP contribution in [-0.4, -0.2) is 56.4 Å². The number of rotatable bonds is 6. The van der Waals surface area contributed by atoms with Crippen LogP contribution in [0.3, 0.4) is 0 Å². The monoisotopic (exact) mass is 436 g/mol. The van der Waals surface area contributed by atoms with Crippen LogP contribution >= 0.6 is 0 Å². The quantitative estimate of drug-likeness (QED) is 0.744. The second-order valence-corrected chi connectivity index (χ2v) is 11.8. The van der Waals surface area contributed by atoms with Crippen molar-refractivity contribution in [2.45, 2.75) is 62.8 Å². The lowest BCUT2D eigenvalue weighted by Crippen LogP contribution is -2.48. The highest BCUT2D eigenvalue weighted by Crippen LogP contribution is 2.42. The fourth-order valence-electron chi connectivity index (χ4n) is 5.65. The van der Waals surface area contributed by atoms with E-state index in [-0.39, 0.29) is 40.6 Å². The number of halogens is 1. The molecule has 1 atom stereocenters. The van der Waals surface area contributed by atoms with Crippen LogP contribution in [0.25, 0.3) is 0 Å². The first-order valence-electron chi connectivity index (χ1n) is 11.3. The highest BCUT2D eigenvalue weighted by Gasteiger charge is 2.38. The molecule has 30 heavy (non-hydrogen) atoms. The van der Waals surface area contributed by atoms with Crippen LogP contribution in [0.5, 0.6) is 0 Å². The molecule has 1 aromatic carbocycles.